The third-order valence-electron chi connectivity index (χ3n) is 4.12. The quantitative estimate of drug-likeness (QED) is 0.507. The third-order valence-corrected chi connectivity index (χ3v) is 4.12. The largest absolute Gasteiger partial charge is 0.466 e. The summed E-state index contributed by atoms with van der Waals surface area (Å²) in [6, 6.07) is 0. The normalized spacial score (nSPS) is 25.4. The van der Waals surface area contributed by atoms with E-state index in [1.54, 1.807) is 0 Å². The van der Waals surface area contributed by atoms with Crippen LogP contribution in [0.1, 0.15) is 59.3 Å². The molecule has 0 aliphatic heterocycles. The first-order chi connectivity index (χ1) is 9.62. The molecular formula is C16H28O4. The van der Waals surface area contributed by atoms with Gasteiger partial charge < -0.3 is 9.47 Å². The standard InChI is InChI=1S/C16H28O4/c1-4-7-8-20-15(17)11-12-9-13(5-2)14(10-12)16(18)19-6-3/h12-14H,4-11H2,1-3H3/t12-,13+,14-/m0/s1. The second kappa shape index (κ2) is 8.98. The van der Waals surface area contributed by atoms with Crippen LogP contribution in [0.4, 0.5) is 0 Å². The Balaban J connectivity index is 2.41. The lowest BCUT2D eigenvalue weighted by Crippen LogP contribution is -2.21. The number of rotatable bonds is 8. The first-order valence-corrected chi connectivity index (χ1v) is 7.94. The lowest BCUT2D eigenvalue weighted by atomic mass is 9.94. The molecule has 0 saturated heterocycles. The molecule has 0 aromatic heterocycles. The van der Waals surface area contributed by atoms with Gasteiger partial charge in [0.2, 0.25) is 0 Å². The fourth-order valence-electron chi connectivity index (χ4n) is 3.02. The molecule has 116 valence electrons. The van der Waals surface area contributed by atoms with E-state index in [9.17, 15) is 9.59 Å². The maximum atomic E-state index is 11.9. The van der Waals surface area contributed by atoms with Crippen LogP contribution in [0.3, 0.4) is 0 Å². The van der Waals surface area contributed by atoms with E-state index in [1.807, 2.05) is 6.92 Å². The van der Waals surface area contributed by atoms with E-state index in [4.69, 9.17) is 9.47 Å². The average Bonchev–Trinajstić information content (AvgIpc) is 2.82. The van der Waals surface area contributed by atoms with Gasteiger partial charge in [0.25, 0.3) is 0 Å². The molecule has 0 aromatic carbocycles. The second-order valence-corrected chi connectivity index (χ2v) is 5.64. The smallest absolute Gasteiger partial charge is 0.309 e. The van der Waals surface area contributed by atoms with Crippen molar-refractivity contribution in [2.24, 2.45) is 17.8 Å². The summed E-state index contributed by atoms with van der Waals surface area (Å²) in [4.78, 5) is 23.7. The number of carbonyl (C=O) groups excluding carboxylic acids is 2. The fraction of sp³-hybridized carbons (Fsp3) is 0.875. The summed E-state index contributed by atoms with van der Waals surface area (Å²) in [6.07, 6.45) is 5.04. The molecule has 20 heavy (non-hydrogen) atoms. The molecule has 0 spiro atoms. The molecule has 1 aliphatic carbocycles. The third kappa shape index (κ3) is 5.14. The van der Waals surface area contributed by atoms with Crippen LogP contribution in [-0.4, -0.2) is 25.2 Å². The number of carbonyl (C=O) groups is 2. The van der Waals surface area contributed by atoms with Gasteiger partial charge in [-0.3, -0.25) is 9.59 Å². The van der Waals surface area contributed by atoms with E-state index in [0.717, 1.165) is 32.1 Å². The molecule has 0 heterocycles. The Morgan fingerprint density at radius 3 is 2.45 bits per heavy atom. The zero-order chi connectivity index (χ0) is 15.0. The topological polar surface area (TPSA) is 52.6 Å². The summed E-state index contributed by atoms with van der Waals surface area (Å²) < 4.78 is 10.3. The fourth-order valence-corrected chi connectivity index (χ4v) is 3.02. The second-order valence-electron chi connectivity index (χ2n) is 5.64. The van der Waals surface area contributed by atoms with Gasteiger partial charge in [-0.1, -0.05) is 26.7 Å². The zero-order valence-corrected chi connectivity index (χ0v) is 13.0. The van der Waals surface area contributed by atoms with Crippen molar-refractivity contribution in [3.8, 4) is 0 Å². The van der Waals surface area contributed by atoms with E-state index in [1.165, 1.54) is 0 Å². The zero-order valence-electron chi connectivity index (χ0n) is 13.0. The summed E-state index contributed by atoms with van der Waals surface area (Å²) in [5.74, 6) is 0.364. The molecule has 1 fully saturated rings. The highest BCUT2D eigenvalue weighted by atomic mass is 16.5. The minimum atomic E-state index is -0.122. The molecule has 0 radical (unpaired) electrons. The summed E-state index contributed by atoms with van der Waals surface area (Å²) in [6.45, 7) is 6.94. The SMILES string of the molecule is CCCCOC(=O)C[C@H]1C[C@@H](CC)[C@@H](C(=O)OCC)C1. The van der Waals surface area contributed by atoms with Crippen LogP contribution < -0.4 is 0 Å². The minimum Gasteiger partial charge on any atom is -0.466 e. The molecule has 4 nitrogen and oxygen atoms in total. The van der Waals surface area contributed by atoms with Crippen LogP contribution in [0.15, 0.2) is 0 Å². The summed E-state index contributed by atoms with van der Waals surface area (Å²) in [7, 11) is 0. The van der Waals surface area contributed by atoms with Crippen LogP contribution >= 0.6 is 0 Å². The maximum absolute atomic E-state index is 11.9. The van der Waals surface area contributed by atoms with Gasteiger partial charge in [0, 0.05) is 6.42 Å². The molecular weight excluding hydrogens is 256 g/mol. The van der Waals surface area contributed by atoms with Crippen LogP contribution in [0.25, 0.3) is 0 Å². The Hall–Kier alpha value is -1.06. The van der Waals surface area contributed by atoms with Gasteiger partial charge in [0.05, 0.1) is 19.1 Å². The summed E-state index contributed by atoms with van der Waals surface area (Å²) in [5, 5.41) is 0. The first kappa shape index (κ1) is 17.0. The van der Waals surface area contributed by atoms with Crippen molar-refractivity contribution in [2.75, 3.05) is 13.2 Å². The first-order valence-electron chi connectivity index (χ1n) is 7.94. The molecule has 1 aliphatic rings. The number of esters is 2. The Labute approximate surface area is 122 Å². The van der Waals surface area contributed by atoms with Crippen LogP contribution in [0.5, 0.6) is 0 Å². The van der Waals surface area contributed by atoms with Crippen LogP contribution in [-0.2, 0) is 19.1 Å². The van der Waals surface area contributed by atoms with Crippen molar-refractivity contribution >= 4 is 11.9 Å². The van der Waals surface area contributed by atoms with Gasteiger partial charge in [-0.2, -0.15) is 0 Å². The number of hydrogen-bond acceptors (Lipinski definition) is 4. The summed E-state index contributed by atoms with van der Waals surface area (Å²) in [5.41, 5.74) is 0. The predicted molar refractivity (Wildman–Crippen MR) is 77.1 cm³/mol. The lowest BCUT2D eigenvalue weighted by Gasteiger charge is -2.15. The van der Waals surface area contributed by atoms with Crippen molar-refractivity contribution in [3.63, 3.8) is 0 Å². The Morgan fingerprint density at radius 1 is 1.10 bits per heavy atom. The van der Waals surface area contributed by atoms with Gasteiger partial charge in [-0.15, -0.1) is 0 Å². The van der Waals surface area contributed by atoms with Crippen molar-refractivity contribution in [1.29, 1.82) is 0 Å². The van der Waals surface area contributed by atoms with Crippen molar-refractivity contribution < 1.29 is 19.1 Å². The van der Waals surface area contributed by atoms with Crippen molar-refractivity contribution in [1.82, 2.24) is 0 Å². The molecule has 1 saturated carbocycles. The molecule has 0 amide bonds. The van der Waals surface area contributed by atoms with E-state index < -0.39 is 0 Å². The van der Waals surface area contributed by atoms with E-state index in [-0.39, 0.29) is 23.8 Å². The average molecular weight is 284 g/mol. The molecule has 4 heteroatoms. The minimum absolute atomic E-state index is 0.0339. The molecule has 3 atom stereocenters. The van der Waals surface area contributed by atoms with Crippen LogP contribution in [0, 0.1) is 17.8 Å². The number of hydrogen-bond donors (Lipinski definition) is 0. The van der Waals surface area contributed by atoms with Gasteiger partial charge >= 0.3 is 11.9 Å². The lowest BCUT2D eigenvalue weighted by molar-refractivity contribution is -0.150. The highest BCUT2D eigenvalue weighted by molar-refractivity contribution is 5.74. The van der Waals surface area contributed by atoms with E-state index in [0.29, 0.717) is 25.6 Å². The monoisotopic (exact) mass is 284 g/mol. The molecule has 0 unspecified atom stereocenters. The van der Waals surface area contributed by atoms with E-state index in [2.05, 4.69) is 13.8 Å². The molecule has 0 N–H and O–H groups in total. The number of unbranched alkanes of at least 4 members (excludes halogenated alkanes) is 1. The molecule has 0 aromatic rings. The Morgan fingerprint density at radius 2 is 1.85 bits per heavy atom. The van der Waals surface area contributed by atoms with Crippen molar-refractivity contribution in [2.45, 2.75) is 59.3 Å². The van der Waals surface area contributed by atoms with Gasteiger partial charge in [-0.25, -0.2) is 0 Å². The highest BCUT2D eigenvalue weighted by Crippen LogP contribution is 2.40. The van der Waals surface area contributed by atoms with Crippen molar-refractivity contribution in [3.05, 3.63) is 0 Å². The van der Waals surface area contributed by atoms with Crippen LogP contribution in [0.2, 0.25) is 0 Å². The summed E-state index contributed by atoms with van der Waals surface area (Å²) >= 11 is 0. The molecule has 0 bridgehead atoms. The molecule has 1 rings (SSSR count). The Bertz CT molecular complexity index is 314. The predicted octanol–water partition coefficient (Wildman–Crippen LogP) is 3.34. The maximum Gasteiger partial charge on any atom is 0.309 e. The van der Waals surface area contributed by atoms with E-state index >= 15 is 0 Å². The van der Waals surface area contributed by atoms with Gasteiger partial charge in [0.15, 0.2) is 0 Å². The highest BCUT2D eigenvalue weighted by Gasteiger charge is 2.39. The Kier molecular flexibility index (Phi) is 7.63. The van der Waals surface area contributed by atoms with Gasteiger partial charge in [-0.05, 0) is 38.0 Å². The number of ether oxygens (including phenoxy) is 2. The van der Waals surface area contributed by atoms with Gasteiger partial charge in [0.1, 0.15) is 0 Å².